The molecule has 0 aromatic heterocycles. The molecule has 0 saturated carbocycles. The lowest BCUT2D eigenvalue weighted by atomic mass is 9.81. The van der Waals surface area contributed by atoms with E-state index >= 15 is 0 Å². The van der Waals surface area contributed by atoms with Crippen LogP contribution in [0.1, 0.15) is 63.6 Å². The summed E-state index contributed by atoms with van der Waals surface area (Å²) in [5, 5.41) is 0. The molecule has 0 aliphatic heterocycles. The van der Waals surface area contributed by atoms with Crippen LogP contribution < -0.4 is 9.47 Å². The van der Waals surface area contributed by atoms with Crippen molar-refractivity contribution < 1.29 is 18.7 Å². The highest BCUT2D eigenvalue weighted by Gasteiger charge is 2.21. The van der Waals surface area contributed by atoms with Crippen LogP contribution in [0.3, 0.4) is 0 Å². The first-order valence-corrected chi connectivity index (χ1v) is 11.7. The molecule has 3 rings (SSSR count). The van der Waals surface area contributed by atoms with Crippen molar-refractivity contribution in [3.8, 4) is 34.5 Å². The molecule has 0 saturated heterocycles. The number of ketones is 1. The van der Waals surface area contributed by atoms with Crippen LogP contribution in [0.15, 0.2) is 60.7 Å². The molecule has 0 radical (unpaired) electrons. The van der Waals surface area contributed by atoms with E-state index in [4.69, 9.17) is 9.47 Å². The summed E-state index contributed by atoms with van der Waals surface area (Å²) >= 11 is 0. The predicted molar refractivity (Wildman–Crippen MR) is 139 cm³/mol. The molecule has 4 heteroatoms. The van der Waals surface area contributed by atoms with Crippen molar-refractivity contribution in [1.82, 2.24) is 0 Å². The number of hydrogen-bond donors (Lipinski definition) is 0. The van der Waals surface area contributed by atoms with Gasteiger partial charge in [-0.05, 0) is 77.9 Å². The van der Waals surface area contributed by atoms with Crippen LogP contribution in [-0.4, -0.2) is 12.9 Å². The van der Waals surface area contributed by atoms with Crippen LogP contribution in [0, 0.1) is 17.7 Å². The van der Waals surface area contributed by atoms with Gasteiger partial charge in [-0.3, -0.25) is 4.79 Å². The Balaban J connectivity index is 1.86. The SMILES string of the molecule is CC#C[C@H](CC(C)=O)c1ccc(OCc2ccc(C(C)(C)C)c(-c3cc(OC)ccc3F)c2)cc1. The number of methoxy groups -OCH3 is 1. The Morgan fingerprint density at radius 2 is 1.66 bits per heavy atom. The first-order valence-electron chi connectivity index (χ1n) is 11.7. The van der Waals surface area contributed by atoms with E-state index in [0.29, 0.717) is 30.1 Å². The maximum Gasteiger partial charge on any atom is 0.131 e. The first kappa shape index (κ1) is 26.0. The zero-order chi connectivity index (χ0) is 25.6. The second-order valence-electron chi connectivity index (χ2n) is 9.69. The fraction of sp³-hybridized carbons (Fsp3) is 0.323. The molecule has 0 N–H and O–H groups in total. The Bertz CT molecular complexity index is 1240. The zero-order valence-corrected chi connectivity index (χ0v) is 21.4. The Morgan fingerprint density at radius 3 is 2.26 bits per heavy atom. The Kier molecular flexibility index (Phi) is 8.35. The van der Waals surface area contributed by atoms with Crippen molar-refractivity contribution in [3.05, 3.63) is 83.2 Å². The average molecular weight is 473 g/mol. The highest BCUT2D eigenvalue weighted by atomic mass is 19.1. The van der Waals surface area contributed by atoms with Crippen LogP contribution in [0.25, 0.3) is 11.1 Å². The number of hydrogen-bond acceptors (Lipinski definition) is 3. The first-order chi connectivity index (χ1) is 16.6. The molecular weight excluding hydrogens is 439 g/mol. The van der Waals surface area contributed by atoms with E-state index in [1.807, 2.05) is 42.5 Å². The van der Waals surface area contributed by atoms with Gasteiger partial charge in [-0.15, -0.1) is 5.92 Å². The number of carbonyl (C=O) groups is 1. The summed E-state index contributed by atoms with van der Waals surface area (Å²) in [4.78, 5) is 11.6. The topological polar surface area (TPSA) is 35.5 Å². The van der Waals surface area contributed by atoms with Gasteiger partial charge >= 0.3 is 0 Å². The molecule has 0 aliphatic carbocycles. The smallest absolute Gasteiger partial charge is 0.131 e. The van der Waals surface area contributed by atoms with E-state index in [9.17, 15) is 9.18 Å². The van der Waals surface area contributed by atoms with E-state index in [0.717, 1.165) is 22.3 Å². The van der Waals surface area contributed by atoms with Gasteiger partial charge in [0, 0.05) is 12.0 Å². The molecule has 0 spiro atoms. The van der Waals surface area contributed by atoms with Crippen molar-refractivity contribution in [2.24, 2.45) is 0 Å². The van der Waals surface area contributed by atoms with Gasteiger partial charge < -0.3 is 9.47 Å². The van der Waals surface area contributed by atoms with Gasteiger partial charge in [-0.1, -0.05) is 51.0 Å². The lowest BCUT2D eigenvalue weighted by molar-refractivity contribution is -0.117. The molecule has 182 valence electrons. The van der Waals surface area contributed by atoms with Gasteiger partial charge in [0.05, 0.1) is 13.0 Å². The summed E-state index contributed by atoms with van der Waals surface area (Å²) in [5.41, 5.74) is 4.14. The number of ether oxygens (including phenoxy) is 2. The normalized spacial score (nSPS) is 11.9. The highest BCUT2D eigenvalue weighted by molar-refractivity contribution is 5.77. The third-order valence-electron chi connectivity index (χ3n) is 5.85. The molecule has 0 unspecified atom stereocenters. The van der Waals surface area contributed by atoms with Crippen LogP contribution >= 0.6 is 0 Å². The fourth-order valence-corrected chi connectivity index (χ4v) is 4.07. The Morgan fingerprint density at radius 1 is 0.971 bits per heavy atom. The van der Waals surface area contributed by atoms with Crippen molar-refractivity contribution in [1.29, 1.82) is 0 Å². The minimum absolute atomic E-state index is 0.111. The third kappa shape index (κ3) is 6.73. The summed E-state index contributed by atoms with van der Waals surface area (Å²) in [6, 6.07) is 18.6. The lowest BCUT2D eigenvalue weighted by Gasteiger charge is -2.24. The van der Waals surface area contributed by atoms with Gasteiger partial charge in [0.25, 0.3) is 0 Å². The summed E-state index contributed by atoms with van der Waals surface area (Å²) < 4.78 is 26.2. The number of rotatable bonds is 8. The molecule has 3 nitrogen and oxygen atoms in total. The Labute approximate surface area is 208 Å². The second-order valence-corrected chi connectivity index (χ2v) is 9.69. The molecule has 0 bridgehead atoms. The van der Waals surface area contributed by atoms with Gasteiger partial charge in [0.2, 0.25) is 0 Å². The molecule has 35 heavy (non-hydrogen) atoms. The van der Waals surface area contributed by atoms with Crippen LogP contribution in [0.2, 0.25) is 0 Å². The molecule has 3 aromatic carbocycles. The predicted octanol–water partition coefficient (Wildman–Crippen LogP) is 7.46. The highest BCUT2D eigenvalue weighted by Crippen LogP contribution is 2.37. The average Bonchev–Trinajstić information content (AvgIpc) is 2.82. The minimum atomic E-state index is -0.291. The van der Waals surface area contributed by atoms with E-state index in [1.54, 1.807) is 33.1 Å². The van der Waals surface area contributed by atoms with Gasteiger partial charge in [0.1, 0.15) is 29.7 Å². The summed E-state index contributed by atoms with van der Waals surface area (Å²) in [6.07, 6.45) is 0.394. The van der Waals surface area contributed by atoms with E-state index in [2.05, 4.69) is 32.6 Å². The molecule has 1 atom stereocenters. The Hall–Kier alpha value is -3.58. The van der Waals surface area contributed by atoms with E-state index in [-0.39, 0.29) is 22.9 Å². The van der Waals surface area contributed by atoms with Crippen LogP contribution in [0.4, 0.5) is 4.39 Å². The molecular formula is C31H33FO3. The standard InChI is InChI=1S/C31H33FO3/c1-7-8-24(17-21(2)33)23-10-12-25(13-11-23)35-20-22-9-15-29(31(3,4)5)27(18-22)28-19-26(34-6)14-16-30(28)32/h9-16,18-19,24H,17,20H2,1-6H3/t24-/m1/s1. The summed E-state index contributed by atoms with van der Waals surface area (Å²) in [5.74, 6) is 7.05. The summed E-state index contributed by atoms with van der Waals surface area (Å²) in [7, 11) is 1.58. The molecule has 0 aliphatic rings. The molecule has 3 aromatic rings. The second kappa shape index (κ2) is 11.2. The van der Waals surface area contributed by atoms with Gasteiger partial charge in [0.15, 0.2) is 0 Å². The number of Topliss-reactive ketones (excluding diaryl/α,β-unsaturated/α-hetero) is 1. The van der Waals surface area contributed by atoms with Crippen molar-refractivity contribution >= 4 is 5.78 Å². The van der Waals surface area contributed by atoms with Crippen molar-refractivity contribution in [2.45, 2.75) is 59.0 Å². The number of benzene rings is 3. The zero-order valence-electron chi connectivity index (χ0n) is 21.4. The molecule has 0 fully saturated rings. The van der Waals surface area contributed by atoms with E-state index in [1.165, 1.54) is 6.07 Å². The fourth-order valence-electron chi connectivity index (χ4n) is 4.07. The number of halogens is 1. The monoisotopic (exact) mass is 472 g/mol. The maximum atomic E-state index is 14.9. The minimum Gasteiger partial charge on any atom is -0.497 e. The van der Waals surface area contributed by atoms with Crippen LogP contribution in [0.5, 0.6) is 11.5 Å². The van der Waals surface area contributed by atoms with Crippen molar-refractivity contribution in [3.63, 3.8) is 0 Å². The third-order valence-corrected chi connectivity index (χ3v) is 5.85. The summed E-state index contributed by atoms with van der Waals surface area (Å²) in [6.45, 7) is 10.0. The number of carbonyl (C=O) groups excluding carboxylic acids is 1. The maximum absolute atomic E-state index is 14.9. The largest absolute Gasteiger partial charge is 0.497 e. The lowest BCUT2D eigenvalue weighted by Crippen LogP contribution is -2.13. The molecule has 0 heterocycles. The van der Waals surface area contributed by atoms with Gasteiger partial charge in [-0.2, -0.15) is 0 Å². The quantitative estimate of drug-likeness (QED) is 0.319. The van der Waals surface area contributed by atoms with Crippen LogP contribution in [-0.2, 0) is 16.8 Å². The molecule has 0 amide bonds. The van der Waals surface area contributed by atoms with Gasteiger partial charge in [-0.25, -0.2) is 4.39 Å². The van der Waals surface area contributed by atoms with Crippen molar-refractivity contribution in [2.75, 3.05) is 7.11 Å². The van der Waals surface area contributed by atoms with E-state index < -0.39 is 0 Å².